The highest BCUT2D eigenvalue weighted by atomic mass is 35.5. The molecule has 4 rings (SSSR count). The summed E-state index contributed by atoms with van der Waals surface area (Å²) in [5.74, 6) is -2.80. The third-order valence-electron chi connectivity index (χ3n) is 5.63. The molecule has 1 saturated carbocycles. The van der Waals surface area contributed by atoms with Gasteiger partial charge in [-0.05, 0) is 37.1 Å². The Hall–Kier alpha value is -2.39. The number of carboxylic acid groups (broad SMARTS) is 1. The van der Waals surface area contributed by atoms with Gasteiger partial charge in [-0.2, -0.15) is 0 Å². The van der Waals surface area contributed by atoms with E-state index in [1.165, 1.54) is 18.2 Å². The van der Waals surface area contributed by atoms with Gasteiger partial charge in [-0.3, -0.25) is 4.79 Å². The molecule has 0 atom stereocenters. The molecule has 3 aromatic rings. The fourth-order valence-electron chi connectivity index (χ4n) is 4.12. The average molecular weight is 495 g/mol. The summed E-state index contributed by atoms with van der Waals surface area (Å²) in [5.41, 5.74) is 0.780. The van der Waals surface area contributed by atoms with Crippen LogP contribution in [0.4, 0.5) is 0 Å². The van der Waals surface area contributed by atoms with Crippen molar-refractivity contribution in [3.05, 3.63) is 52.0 Å². The van der Waals surface area contributed by atoms with Crippen molar-refractivity contribution in [3.63, 3.8) is 0 Å². The lowest BCUT2D eigenvalue weighted by molar-refractivity contribution is -0.131. The summed E-state index contributed by atoms with van der Waals surface area (Å²) < 4.78 is 28.9. The number of hydrogen-bond donors (Lipinski definition) is 3. The first-order valence-corrected chi connectivity index (χ1v) is 12.3. The van der Waals surface area contributed by atoms with Gasteiger partial charge in [0.15, 0.2) is 0 Å². The number of hydrogen-bond acceptors (Lipinski definition) is 4. The van der Waals surface area contributed by atoms with Crippen LogP contribution in [0.15, 0.2) is 41.3 Å². The number of Topliss-reactive ketones (excluding diaryl/α,β-unsaturated/α-hetero) is 1. The van der Waals surface area contributed by atoms with Crippen molar-refractivity contribution in [1.82, 2.24) is 9.71 Å². The molecule has 10 heteroatoms. The van der Waals surface area contributed by atoms with Crippen LogP contribution < -0.4 is 4.72 Å². The third-order valence-corrected chi connectivity index (χ3v) is 7.95. The minimum Gasteiger partial charge on any atom is -0.475 e. The SMILES string of the molecule is O=C(O)C(=O)c1c(-c2ccc(Cl)c(S(=O)(=O)NC3CCCCC3)c2)[nH]c2cccc(Cl)c12. The van der Waals surface area contributed by atoms with Crippen molar-refractivity contribution in [2.24, 2.45) is 0 Å². The fraction of sp³-hybridized carbons (Fsp3) is 0.273. The van der Waals surface area contributed by atoms with E-state index >= 15 is 0 Å². The van der Waals surface area contributed by atoms with Crippen molar-refractivity contribution in [2.75, 3.05) is 0 Å². The number of nitrogens with one attached hydrogen (secondary N) is 2. The molecular formula is C22H20Cl2N2O5S. The molecule has 0 aliphatic heterocycles. The van der Waals surface area contributed by atoms with Gasteiger partial charge in [0, 0.05) is 22.5 Å². The number of fused-ring (bicyclic) bond motifs is 1. The molecule has 0 amide bonds. The summed E-state index contributed by atoms with van der Waals surface area (Å²) in [4.78, 5) is 26.9. The molecule has 1 fully saturated rings. The van der Waals surface area contributed by atoms with Crippen LogP contribution in [-0.4, -0.2) is 36.3 Å². The van der Waals surface area contributed by atoms with Gasteiger partial charge in [-0.1, -0.05) is 54.6 Å². The number of H-pyrrole nitrogens is 1. The molecule has 1 aliphatic rings. The van der Waals surface area contributed by atoms with Gasteiger partial charge in [0.25, 0.3) is 5.78 Å². The Morgan fingerprint density at radius 1 is 1.03 bits per heavy atom. The normalized spacial score (nSPS) is 15.2. The molecule has 1 heterocycles. The highest BCUT2D eigenvalue weighted by Gasteiger charge is 2.28. The first kappa shape index (κ1) is 22.8. The molecular weight excluding hydrogens is 475 g/mol. The van der Waals surface area contributed by atoms with Crippen molar-refractivity contribution < 1.29 is 23.1 Å². The van der Waals surface area contributed by atoms with E-state index in [9.17, 15) is 23.1 Å². The monoisotopic (exact) mass is 494 g/mol. The van der Waals surface area contributed by atoms with Crippen LogP contribution in [0.3, 0.4) is 0 Å². The Bertz CT molecular complexity index is 1330. The van der Waals surface area contributed by atoms with E-state index in [0.717, 1.165) is 32.1 Å². The van der Waals surface area contributed by atoms with Crippen LogP contribution in [0.25, 0.3) is 22.2 Å². The van der Waals surface area contributed by atoms with Gasteiger partial charge < -0.3 is 10.1 Å². The van der Waals surface area contributed by atoms with Crippen LogP contribution >= 0.6 is 23.2 Å². The van der Waals surface area contributed by atoms with Crippen molar-refractivity contribution in [3.8, 4) is 11.3 Å². The maximum absolute atomic E-state index is 13.1. The second-order valence-electron chi connectivity index (χ2n) is 7.77. The van der Waals surface area contributed by atoms with Crippen LogP contribution in [0, 0.1) is 0 Å². The number of aromatic amines is 1. The quantitative estimate of drug-likeness (QED) is 0.328. The Balaban J connectivity index is 1.85. The molecule has 0 unspecified atom stereocenters. The molecule has 1 aliphatic carbocycles. The number of halogens is 2. The minimum absolute atomic E-state index is 0.0253. The van der Waals surface area contributed by atoms with E-state index in [0.29, 0.717) is 11.1 Å². The number of sulfonamides is 1. The van der Waals surface area contributed by atoms with Crippen LogP contribution in [0.2, 0.25) is 10.0 Å². The predicted molar refractivity (Wildman–Crippen MR) is 123 cm³/mol. The lowest BCUT2D eigenvalue weighted by Gasteiger charge is -2.23. The zero-order valence-corrected chi connectivity index (χ0v) is 19.1. The molecule has 0 saturated heterocycles. The predicted octanol–water partition coefficient (Wildman–Crippen LogP) is 5.02. The van der Waals surface area contributed by atoms with E-state index in [4.69, 9.17) is 23.2 Å². The number of ketones is 1. The summed E-state index contributed by atoms with van der Waals surface area (Å²) in [6.45, 7) is 0. The number of carboxylic acids is 1. The van der Waals surface area contributed by atoms with Gasteiger partial charge in [0.2, 0.25) is 10.0 Å². The molecule has 168 valence electrons. The number of aliphatic carboxylic acids is 1. The highest BCUT2D eigenvalue weighted by Crippen LogP contribution is 2.37. The third kappa shape index (κ3) is 4.28. The summed E-state index contributed by atoms with van der Waals surface area (Å²) in [6, 6.07) is 8.97. The lowest BCUT2D eigenvalue weighted by Crippen LogP contribution is -2.36. The Labute approximate surface area is 194 Å². The second-order valence-corrected chi connectivity index (χ2v) is 10.3. The Kier molecular flexibility index (Phi) is 6.31. The van der Waals surface area contributed by atoms with Gasteiger partial charge in [0.1, 0.15) is 4.90 Å². The Morgan fingerprint density at radius 3 is 2.44 bits per heavy atom. The lowest BCUT2D eigenvalue weighted by atomic mass is 9.96. The number of rotatable bonds is 6. The van der Waals surface area contributed by atoms with Crippen LogP contribution in [0.1, 0.15) is 42.5 Å². The van der Waals surface area contributed by atoms with Crippen LogP contribution in [-0.2, 0) is 14.8 Å². The first-order chi connectivity index (χ1) is 15.2. The Morgan fingerprint density at radius 2 is 1.75 bits per heavy atom. The molecule has 1 aromatic heterocycles. The number of aromatic nitrogens is 1. The average Bonchev–Trinajstić information content (AvgIpc) is 3.14. The largest absolute Gasteiger partial charge is 0.475 e. The van der Waals surface area contributed by atoms with Crippen molar-refractivity contribution in [1.29, 1.82) is 0 Å². The van der Waals surface area contributed by atoms with E-state index in [2.05, 4.69) is 9.71 Å². The van der Waals surface area contributed by atoms with Gasteiger partial charge in [0.05, 0.1) is 21.3 Å². The smallest absolute Gasteiger partial charge is 0.377 e. The summed E-state index contributed by atoms with van der Waals surface area (Å²) >= 11 is 12.5. The summed E-state index contributed by atoms with van der Waals surface area (Å²) in [6.07, 6.45) is 4.51. The number of carbonyl (C=O) groups is 2. The van der Waals surface area contributed by atoms with E-state index in [1.807, 2.05) is 0 Å². The van der Waals surface area contributed by atoms with Gasteiger partial charge >= 0.3 is 5.97 Å². The van der Waals surface area contributed by atoms with Gasteiger partial charge in [-0.15, -0.1) is 0 Å². The van der Waals surface area contributed by atoms with Crippen molar-refractivity contribution in [2.45, 2.75) is 43.0 Å². The second kappa shape index (κ2) is 8.86. The maximum atomic E-state index is 13.1. The first-order valence-electron chi connectivity index (χ1n) is 10.1. The van der Waals surface area contributed by atoms with Crippen LogP contribution in [0.5, 0.6) is 0 Å². The molecule has 0 spiro atoms. The zero-order chi connectivity index (χ0) is 23.0. The highest BCUT2D eigenvalue weighted by molar-refractivity contribution is 7.89. The zero-order valence-electron chi connectivity index (χ0n) is 16.8. The fourth-order valence-corrected chi connectivity index (χ4v) is 6.22. The molecule has 2 aromatic carbocycles. The standard InChI is InChI=1S/C22H20Cl2N2O5S/c23-14-10-9-12(11-17(14)32(30,31)26-13-5-2-1-3-6-13)20-19(21(27)22(28)29)18-15(24)7-4-8-16(18)25-20/h4,7-11,13,25-26H,1-3,5-6H2,(H,28,29). The minimum atomic E-state index is -3.93. The van der Waals surface area contributed by atoms with E-state index in [-0.39, 0.29) is 37.6 Å². The molecule has 3 N–H and O–H groups in total. The van der Waals surface area contributed by atoms with E-state index in [1.54, 1.807) is 18.2 Å². The maximum Gasteiger partial charge on any atom is 0.377 e. The molecule has 7 nitrogen and oxygen atoms in total. The molecule has 0 bridgehead atoms. The summed E-state index contributed by atoms with van der Waals surface area (Å²) in [7, 11) is -3.93. The van der Waals surface area contributed by atoms with Crippen molar-refractivity contribution >= 4 is 55.9 Å². The molecule has 0 radical (unpaired) electrons. The summed E-state index contributed by atoms with van der Waals surface area (Å²) in [5, 5.41) is 9.84. The number of carbonyl (C=O) groups excluding carboxylic acids is 1. The van der Waals surface area contributed by atoms with Gasteiger partial charge in [-0.25, -0.2) is 17.9 Å². The van der Waals surface area contributed by atoms with E-state index < -0.39 is 21.8 Å². The number of benzene rings is 2. The topological polar surface area (TPSA) is 116 Å². The molecule has 32 heavy (non-hydrogen) atoms.